The first-order chi connectivity index (χ1) is 12.6. The number of benzene rings is 2. The minimum Gasteiger partial charge on any atom is -0.501 e. The third-order valence-corrected chi connectivity index (χ3v) is 3.16. The number of alkyl halides is 6. The summed E-state index contributed by atoms with van der Waals surface area (Å²) < 4.78 is 92.1. The van der Waals surface area contributed by atoms with Gasteiger partial charge in [0.1, 0.15) is 11.5 Å². The van der Waals surface area contributed by atoms with Crippen LogP contribution in [0.2, 0.25) is 0 Å². The summed E-state index contributed by atoms with van der Waals surface area (Å²) in [6.45, 7) is -0.0585. The van der Waals surface area contributed by atoms with Gasteiger partial charge < -0.3 is 19.7 Å². The van der Waals surface area contributed by atoms with Crippen LogP contribution in [0.4, 0.5) is 26.3 Å². The van der Waals surface area contributed by atoms with Gasteiger partial charge in [-0.15, -0.1) is 0 Å². The lowest BCUT2D eigenvalue weighted by molar-refractivity contribution is -0.138. The second kappa shape index (κ2) is 8.53. The third-order valence-electron chi connectivity index (χ3n) is 3.16. The number of hydrogen-bond acceptors (Lipinski definition) is 4. The van der Waals surface area contributed by atoms with Crippen molar-refractivity contribution in [2.45, 2.75) is 12.4 Å². The van der Waals surface area contributed by atoms with E-state index in [0.29, 0.717) is 12.1 Å². The first-order valence-corrected chi connectivity index (χ1v) is 7.59. The fourth-order valence-electron chi connectivity index (χ4n) is 1.97. The average Bonchev–Trinajstić information content (AvgIpc) is 2.59. The van der Waals surface area contributed by atoms with E-state index in [1.165, 1.54) is 12.1 Å². The summed E-state index contributed by atoms with van der Waals surface area (Å²) in [5.41, 5.74) is 3.37. The molecule has 0 saturated heterocycles. The smallest absolute Gasteiger partial charge is 0.501 e. The molecular weight excluding hydrogens is 379 g/mol. The number of rotatable bonds is 7. The molecule has 0 spiro atoms. The zero-order chi connectivity index (χ0) is 20.1. The Balaban J connectivity index is 2.19. The molecule has 0 bridgehead atoms. The summed E-state index contributed by atoms with van der Waals surface area (Å²) in [4.78, 5) is 0. The molecule has 4 nitrogen and oxygen atoms in total. The SMILES string of the molecule is NCCOB(Oc1cccc(C(F)(F)F)c1)Oc1cccc(C(F)(F)F)c1. The normalized spacial score (nSPS) is 12.0. The molecule has 2 aromatic rings. The van der Waals surface area contributed by atoms with Crippen molar-refractivity contribution in [2.75, 3.05) is 13.2 Å². The highest BCUT2D eigenvalue weighted by Gasteiger charge is 2.34. The first-order valence-electron chi connectivity index (χ1n) is 7.59. The van der Waals surface area contributed by atoms with Crippen LogP contribution in [-0.4, -0.2) is 20.5 Å². The van der Waals surface area contributed by atoms with Crippen LogP contribution < -0.4 is 15.0 Å². The monoisotopic (exact) mass is 393 g/mol. The van der Waals surface area contributed by atoms with Gasteiger partial charge in [-0.2, -0.15) is 26.3 Å². The van der Waals surface area contributed by atoms with Crippen LogP contribution >= 0.6 is 0 Å². The summed E-state index contributed by atoms with van der Waals surface area (Å²) in [6.07, 6.45) is -9.18. The maximum Gasteiger partial charge on any atom is 0.788 e. The molecule has 0 unspecified atom stereocenters. The fourth-order valence-corrected chi connectivity index (χ4v) is 1.97. The van der Waals surface area contributed by atoms with E-state index in [9.17, 15) is 26.3 Å². The zero-order valence-corrected chi connectivity index (χ0v) is 13.7. The highest BCUT2D eigenvalue weighted by Crippen LogP contribution is 2.33. The minimum atomic E-state index is -4.59. The predicted octanol–water partition coefficient (Wildman–Crippen LogP) is 4.14. The molecule has 0 aliphatic heterocycles. The molecule has 0 aromatic heterocycles. The summed E-state index contributed by atoms with van der Waals surface area (Å²) in [6, 6.07) is 7.80. The van der Waals surface area contributed by atoms with Gasteiger partial charge >= 0.3 is 19.7 Å². The lowest BCUT2D eigenvalue weighted by Crippen LogP contribution is -2.35. The van der Waals surface area contributed by atoms with Crippen LogP contribution in [0.15, 0.2) is 48.5 Å². The molecule has 27 heavy (non-hydrogen) atoms. The number of hydrogen-bond donors (Lipinski definition) is 1. The molecule has 0 amide bonds. The number of nitrogens with two attached hydrogens (primary N) is 1. The fraction of sp³-hybridized carbons (Fsp3) is 0.250. The second-order valence-corrected chi connectivity index (χ2v) is 5.24. The van der Waals surface area contributed by atoms with Crippen LogP contribution in [0.25, 0.3) is 0 Å². The van der Waals surface area contributed by atoms with Crippen LogP contribution in [0.3, 0.4) is 0 Å². The maximum atomic E-state index is 12.8. The second-order valence-electron chi connectivity index (χ2n) is 5.24. The van der Waals surface area contributed by atoms with Crippen molar-refractivity contribution in [3.05, 3.63) is 59.7 Å². The van der Waals surface area contributed by atoms with Crippen LogP contribution in [0.5, 0.6) is 11.5 Å². The van der Waals surface area contributed by atoms with Crippen molar-refractivity contribution in [3.63, 3.8) is 0 Å². The van der Waals surface area contributed by atoms with Crippen molar-refractivity contribution < 1.29 is 40.3 Å². The Morgan fingerprint density at radius 3 is 1.59 bits per heavy atom. The summed E-state index contributed by atoms with van der Waals surface area (Å²) >= 11 is 0. The lowest BCUT2D eigenvalue weighted by Gasteiger charge is -2.17. The molecule has 11 heteroatoms. The Morgan fingerprint density at radius 1 is 0.778 bits per heavy atom. The molecule has 2 rings (SSSR count). The molecule has 0 aliphatic carbocycles. The highest BCUT2D eigenvalue weighted by atomic mass is 19.4. The molecular formula is C16H14BF6NO3. The first kappa shape index (κ1) is 20.9. The molecule has 2 aromatic carbocycles. The van der Waals surface area contributed by atoms with Gasteiger partial charge in [-0.3, -0.25) is 0 Å². The summed E-state index contributed by atoms with van der Waals surface area (Å²) in [7, 11) is -1.60. The lowest BCUT2D eigenvalue weighted by atomic mass is 10.1. The third kappa shape index (κ3) is 6.37. The van der Waals surface area contributed by atoms with Gasteiger partial charge in [0, 0.05) is 13.2 Å². The van der Waals surface area contributed by atoms with Crippen molar-refractivity contribution in [3.8, 4) is 11.5 Å². The molecule has 0 atom stereocenters. The zero-order valence-electron chi connectivity index (χ0n) is 13.7. The van der Waals surface area contributed by atoms with E-state index in [1.807, 2.05) is 0 Å². The van der Waals surface area contributed by atoms with E-state index in [-0.39, 0.29) is 24.7 Å². The highest BCUT2D eigenvalue weighted by molar-refractivity contribution is 6.38. The van der Waals surface area contributed by atoms with Crippen molar-refractivity contribution >= 4 is 7.32 Å². The van der Waals surface area contributed by atoms with Crippen molar-refractivity contribution in [1.29, 1.82) is 0 Å². The standard InChI is InChI=1S/C16H14BF6NO3/c18-15(19,20)11-3-1-5-13(9-11)26-17(25-8-7-24)27-14-6-2-4-12(10-14)16(21,22)23/h1-6,9-10H,7-8,24H2. The molecule has 0 saturated carbocycles. The molecule has 0 aliphatic rings. The number of halogens is 6. The van der Waals surface area contributed by atoms with E-state index >= 15 is 0 Å². The van der Waals surface area contributed by atoms with E-state index in [2.05, 4.69) is 0 Å². The van der Waals surface area contributed by atoms with Crippen LogP contribution in [-0.2, 0) is 17.0 Å². The quantitative estimate of drug-likeness (QED) is 0.568. The molecule has 2 N–H and O–H groups in total. The van der Waals surface area contributed by atoms with E-state index in [1.54, 1.807) is 0 Å². The van der Waals surface area contributed by atoms with Gasteiger partial charge in [-0.05, 0) is 36.4 Å². The van der Waals surface area contributed by atoms with Crippen molar-refractivity contribution in [2.24, 2.45) is 5.73 Å². The Hall–Kier alpha value is -2.40. The Bertz CT molecular complexity index is 694. The largest absolute Gasteiger partial charge is 0.788 e. The van der Waals surface area contributed by atoms with Gasteiger partial charge in [0.05, 0.1) is 11.1 Å². The van der Waals surface area contributed by atoms with Gasteiger partial charge in [0.15, 0.2) is 0 Å². The van der Waals surface area contributed by atoms with E-state index in [0.717, 1.165) is 24.3 Å². The topological polar surface area (TPSA) is 53.7 Å². The van der Waals surface area contributed by atoms with Gasteiger partial charge in [0.2, 0.25) is 0 Å². The molecule has 0 heterocycles. The molecule has 146 valence electrons. The maximum absolute atomic E-state index is 12.8. The van der Waals surface area contributed by atoms with Crippen molar-refractivity contribution in [1.82, 2.24) is 0 Å². The van der Waals surface area contributed by atoms with Gasteiger partial charge in [0.25, 0.3) is 0 Å². The van der Waals surface area contributed by atoms with E-state index < -0.39 is 30.8 Å². The summed E-state index contributed by atoms with van der Waals surface area (Å²) in [5, 5.41) is 0. The average molecular weight is 393 g/mol. The Kier molecular flexibility index (Phi) is 6.61. The summed E-state index contributed by atoms with van der Waals surface area (Å²) in [5.74, 6) is -0.474. The Labute approximate surface area is 151 Å². The van der Waals surface area contributed by atoms with E-state index in [4.69, 9.17) is 19.7 Å². The van der Waals surface area contributed by atoms with Crippen LogP contribution in [0.1, 0.15) is 11.1 Å². The van der Waals surface area contributed by atoms with Gasteiger partial charge in [-0.1, -0.05) is 12.1 Å². The van der Waals surface area contributed by atoms with Gasteiger partial charge in [-0.25, -0.2) is 0 Å². The predicted molar refractivity (Wildman–Crippen MR) is 84.9 cm³/mol. The van der Waals surface area contributed by atoms with Crippen LogP contribution in [0, 0.1) is 0 Å². The molecule has 0 radical (unpaired) electrons. The minimum absolute atomic E-state index is 0.0361. The Morgan fingerprint density at radius 2 is 1.22 bits per heavy atom. The molecule has 0 fully saturated rings.